The monoisotopic (exact) mass is 426 g/mol. The predicted octanol–water partition coefficient (Wildman–Crippen LogP) is 3.63. The molecule has 30 heavy (non-hydrogen) atoms. The minimum absolute atomic E-state index is 0.0245. The number of anilines is 2. The van der Waals surface area contributed by atoms with Gasteiger partial charge in [-0.3, -0.25) is 0 Å². The van der Waals surface area contributed by atoms with Gasteiger partial charge in [0, 0.05) is 18.2 Å². The highest BCUT2D eigenvalue weighted by Gasteiger charge is 2.14. The van der Waals surface area contributed by atoms with Gasteiger partial charge in [0.05, 0.1) is 23.5 Å². The van der Waals surface area contributed by atoms with Gasteiger partial charge in [0.1, 0.15) is 11.6 Å². The third-order valence-electron chi connectivity index (χ3n) is 4.94. The van der Waals surface area contributed by atoms with Crippen LogP contribution in [0.1, 0.15) is 17.5 Å². The zero-order valence-corrected chi connectivity index (χ0v) is 18.2. The fraction of sp³-hybridized carbons (Fsp3) is 0.273. The number of sulfone groups is 1. The summed E-state index contributed by atoms with van der Waals surface area (Å²) in [5.41, 5.74) is 9.92. The normalized spacial score (nSPS) is 11.3. The van der Waals surface area contributed by atoms with Crippen LogP contribution in [0.4, 0.5) is 11.8 Å². The van der Waals surface area contributed by atoms with E-state index in [0.717, 1.165) is 16.8 Å². The second kappa shape index (κ2) is 9.13. The molecule has 8 heteroatoms. The summed E-state index contributed by atoms with van der Waals surface area (Å²) in [5, 5.41) is 3.16. The average molecular weight is 427 g/mol. The van der Waals surface area contributed by atoms with Crippen LogP contribution in [0.15, 0.2) is 53.4 Å². The maximum absolute atomic E-state index is 12.5. The predicted molar refractivity (Wildman–Crippen MR) is 120 cm³/mol. The van der Waals surface area contributed by atoms with Crippen LogP contribution in [0, 0.1) is 13.8 Å². The minimum Gasteiger partial charge on any atom is -0.497 e. The van der Waals surface area contributed by atoms with Crippen molar-refractivity contribution in [2.45, 2.75) is 25.2 Å². The van der Waals surface area contributed by atoms with Crippen LogP contribution in [0.3, 0.4) is 0 Å². The van der Waals surface area contributed by atoms with Crippen molar-refractivity contribution in [3.05, 3.63) is 59.7 Å². The number of rotatable bonds is 8. The zero-order valence-electron chi connectivity index (χ0n) is 17.3. The number of nitrogen functional groups attached to an aromatic ring is 1. The van der Waals surface area contributed by atoms with E-state index in [9.17, 15) is 8.42 Å². The van der Waals surface area contributed by atoms with Gasteiger partial charge in [-0.25, -0.2) is 13.4 Å². The summed E-state index contributed by atoms with van der Waals surface area (Å²) in [6.07, 6.45) is 0.428. The first-order valence-corrected chi connectivity index (χ1v) is 11.3. The van der Waals surface area contributed by atoms with Crippen LogP contribution in [0.2, 0.25) is 0 Å². The molecule has 0 radical (unpaired) electrons. The van der Waals surface area contributed by atoms with E-state index in [-0.39, 0.29) is 16.6 Å². The van der Waals surface area contributed by atoms with Gasteiger partial charge in [-0.05, 0) is 55.7 Å². The van der Waals surface area contributed by atoms with Crippen molar-refractivity contribution in [2.24, 2.45) is 0 Å². The number of ether oxygens (including phenoxy) is 1. The highest BCUT2D eigenvalue weighted by molar-refractivity contribution is 7.91. The Balaban J connectivity index is 1.65. The van der Waals surface area contributed by atoms with Crippen LogP contribution in [0.25, 0.3) is 11.3 Å². The van der Waals surface area contributed by atoms with Gasteiger partial charge in [0.15, 0.2) is 9.84 Å². The Morgan fingerprint density at radius 1 is 1.07 bits per heavy atom. The molecule has 1 heterocycles. The number of hydrogen-bond donors (Lipinski definition) is 2. The molecule has 0 atom stereocenters. The number of aromatic nitrogens is 2. The number of nitrogens with one attached hydrogen (secondary N) is 1. The smallest absolute Gasteiger partial charge is 0.222 e. The van der Waals surface area contributed by atoms with Gasteiger partial charge in [0.25, 0.3) is 0 Å². The molecule has 7 nitrogen and oxygen atoms in total. The molecule has 158 valence electrons. The first-order chi connectivity index (χ1) is 14.3. The molecule has 1 aromatic heterocycles. The Morgan fingerprint density at radius 3 is 2.50 bits per heavy atom. The minimum atomic E-state index is -3.36. The zero-order chi connectivity index (χ0) is 21.7. The van der Waals surface area contributed by atoms with E-state index in [2.05, 4.69) is 15.3 Å². The van der Waals surface area contributed by atoms with E-state index in [4.69, 9.17) is 10.5 Å². The lowest BCUT2D eigenvalue weighted by molar-refractivity contribution is 0.414. The summed E-state index contributed by atoms with van der Waals surface area (Å²) >= 11 is 0. The molecule has 0 bridgehead atoms. The van der Waals surface area contributed by atoms with E-state index in [1.165, 1.54) is 5.56 Å². The van der Waals surface area contributed by atoms with E-state index in [0.29, 0.717) is 24.5 Å². The Kier molecular flexibility index (Phi) is 6.56. The van der Waals surface area contributed by atoms with Crippen molar-refractivity contribution in [3.8, 4) is 17.0 Å². The van der Waals surface area contributed by atoms with E-state index >= 15 is 0 Å². The quantitative estimate of drug-likeness (QED) is 0.530. The van der Waals surface area contributed by atoms with Gasteiger partial charge in [-0.2, -0.15) is 4.98 Å². The highest BCUT2D eigenvalue weighted by Crippen LogP contribution is 2.26. The molecule has 0 aliphatic heterocycles. The van der Waals surface area contributed by atoms with Gasteiger partial charge in [0.2, 0.25) is 5.95 Å². The summed E-state index contributed by atoms with van der Waals surface area (Å²) in [6.45, 7) is 4.53. The third kappa shape index (κ3) is 5.07. The molecule has 0 fully saturated rings. The van der Waals surface area contributed by atoms with E-state index < -0.39 is 9.84 Å². The van der Waals surface area contributed by atoms with Crippen molar-refractivity contribution in [1.82, 2.24) is 9.97 Å². The molecule has 0 aliphatic rings. The van der Waals surface area contributed by atoms with Crippen molar-refractivity contribution in [1.29, 1.82) is 0 Å². The van der Waals surface area contributed by atoms with Crippen LogP contribution in [-0.4, -0.2) is 37.8 Å². The van der Waals surface area contributed by atoms with Crippen LogP contribution < -0.4 is 15.8 Å². The van der Waals surface area contributed by atoms with Crippen molar-refractivity contribution in [3.63, 3.8) is 0 Å². The molecular formula is C22H26N4O3S. The largest absolute Gasteiger partial charge is 0.497 e. The lowest BCUT2D eigenvalue weighted by Gasteiger charge is -2.11. The molecule has 0 spiro atoms. The molecule has 0 amide bonds. The Labute approximate surface area is 177 Å². The second-order valence-corrected chi connectivity index (χ2v) is 9.13. The Morgan fingerprint density at radius 2 is 1.80 bits per heavy atom. The topological polar surface area (TPSA) is 107 Å². The number of methoxy groups -OCH3 is 1. The molecule has 2 aromatic carbocycles. The fourth-order valence-electron chi connectivity index (χ4n) is 3.10. The molecule has 0 aliphatic carbocycles. The number of aryl methyl sites for hydroxylation is 1. The van der Waals surface area contributed by atoms with Gasteiger partial charge < -0.3 is 15.8 Å². The molecule has 0 unspecified atom stereocenters. The molecule has 0 saturated carbocycles. The SMILES string of the molecule is COc1ccc(S(=O)(=O)CCCNc2cc(-c3cccc(C)c3C)nc(N)n2)cc1. The average Bonchev–Trinajstić information content (AvgIpc) is 2.73. The van der Waals surface area contributed by atoms with Crippen LogP contribution in [-0.2, 0) is 9.84 Å². The Bertz CT molecular complexity index is 1130. The summed E-state index contributed by atoms with van der Waals surface area (Å²) in [7, 11) is -1.82. The van der Waals surface area contributed by atoms with Crippen LogP contribution >= 0.6 is 0 Å². The molecule has 3 N–H and O–H groups in total. The lowest BCUT2D eigenvalue weighted by atomic mass is 10.0. The number of nitrogens with zero attached hydrogens (tertiary/aromatic N) is 2. The third-order valence-corrected chi connectivity index (χ3v) is 6.76. The van der Waals surface area contributed by atoms with Gasteiger partial charge >= 0.3 is 0 Å². The summed E-state index contributed by atoms with van der Waals surface area (Å²) in [6, 6.07) is 14.3. The van der Waals surface area contributed by atoms with Crippen molar-refractivity contribution in [2.75, 3.05) is 30.5 Å². The first kappa shape index (κ1) is 21.6. The Hall–Kier alpha value is -3.13. The first-order valence-electron chi connectivity index (χ1n) is 9.62. The standard InChI is InChI=1S/C22H26N4O3S/c1-15-6-4-7-19(16(15)2)20-14-21(26-22(23)25-20)24-12-5-13-30(27,28)18-10-8-17(29-3)9-11-18/h4,6-11,14H,5,12-13H2,1-3H3,(H3,23,24,25,26). The molecular weight excluding hydrogens is 400 g/mol. The number of benzene rings is 2. The van der Waals surface area contributed by atoms with Gasteiger partial charge in [-0.1, -0.05) is 18.2 Å². The maximum Gasteiger partial charge on any atom is 0.222 e. The van der Waals surface area contributed by atoms with Crippen molar-refractivity contribution >= 4 is 21.6 Å². The maximum atomic E-state index is 12.5. The highest BCUT2D eigenvalue weighted by atomic mass is 32.2. The van der Waals surface area contributed by atoms with Crippen molar-refractivity contribution < 1.29 is 13.2 Å². The lowest BCUT2D eigenvalue weighted by Crippen LogP contribution is -2.13. The molecule has 3 aromatic rings. The summed E-state index contributed by atoms with van der Waals surface area (Å²) in [4.78, 5) is 8.85. The van der Waals surface area contributed by atoms with E-state index in [1.54, 1.807) is 31.4 Å². The second-order valence-electron chi connectivity index (χ2n) is 7.02. The molecule has 0 saturated heterocycles. The fourth-order valence-corrected chi connectivity index (χ4v) is 4.41. The van der Waals surface area contributed by atoms with Gasteiger partial charge in [-0.15, -0.1) is 0 Å². The number of hydrogen-bond acceptors (Lipinski definition) is 7. The summed E-state index contributed by atoms with van der Waals surface area (Å²) < 4.78 is 30.1. The van der Waals surface area contributed by atoms with E-state index in [1.807, 2.05) is 38.1 Å². The summed E-state index contributed by atoms with van der Waals surface area (Å²) in [5.74, 6) is 1.38. The number of nitrogens with two attached hydrogens (primary N) is 1. The van der Waals surface area contributed by atoms with Crippen LogP contribution in [0.5, 0.6) is 5.75 Å². The molecule has 3 rings (SSSR count).